The number of aliphatic carboxylic acids is 3. The Morgan fingerprint density at radius 2 is 0.770 bits per heavy atom. The maximum Gasteiger partial charge on any atom is 0.322 e. The van der Waals surface area contributed by atoms with E-state index in [0.29, 0.717) is 24.8 Å². The van der Waals surface area contributed by atoms with E-state index in [1.165, 1.54) is 36.1 Å². The summed E-state index contributed by atoms with van der Waals surface area (Å²) in [5.74, 6) is -28.4. The van der Waals surface area contributed by atoms with Gasteiger partial charge in [0.05, 0.1) is 44.8 Å². The molecule has 1 saturated heterocycles. The molecular formula is C85H131N23O27. The number of nitrogens with one attached hydrogen (secondary N) is 15. The molecule has 0 radical (unpaired) electrons. The number of phenols is 1. The molecule has 1 heterocycles. The van der Waals surface area contributed by atoms with Crippen molar-refractivity contribution in [2.75, 3.05) is 39.3 Å². The lowest BCUT2D eigenvalue weighted by Gasteiger charge is -2.31. The van der Waals surface area contributed by atoms with E-state index in [9.17, 15) is 126 Å². The minimum atomic E-state index is -2.09. The summed E-state index contributed by atoms with van der Waals surface area (Å²) in [6.07, 6.45) is -5.13. The van der Waals surface area contributed by atoms with Crippen LogP contribution in [-0.4, -0.2) is 285 Å². The Balaban J connectivity index is 1.89. The third-order valence-corrected chi connectivity index (χ3v) is 21.6. The lowest BCUT2D eigenvalue weighted by molar-refractivity contribution is -0.142. The average molecular weight is 1910 g/mol. The number of carboxylic acid groups (broad SMARTS) is 3. The van der Waals surface area contributed by atoms with Crippen molar-refractivity contribution in [3.8, 4) is 5.75 Å². The number of likely N-dealkylation sites (tertiary alicyclic amines) is 1. The van der Waals surface area contributed by atoms with Gasteiger partial charge in [0.15, 0.2) is 0 Å². The molecule has 20 amide bonds. The summed E-state index contributed by atoms with van der Waals surface area (Å²) in [6.45, 7) is 7.41. The Bertz CT molecular complexity index is 4470. The molecule has 135 heavy (non-hydrogen) atoms. The summed E-state index contributed by atoms with van der Waals surface area (Å²) in [7, 11) is 0. The van der Waals surface area contributed by atoms with Crippen LogP contribution >= 0.6 is 0 Å². The standard InChI is InChI=1S/C85H131N23O27/c1-7-44(5)70(106-72(122)49(88)26-29-67(116)117)84(134)105-59(33-43(3)4)85(135)108-32-16-21-60(108)82(132)94-41-66(115)97-58(39-68(118)119)74(124)93-40-65(114)96-55(36-62(90)111)81(131)107-71(45(6)8-2)83(133)104-57(38-64(92)113)80(130)102-54(35-47-22-24-48(109)25-23-47)78(128)103-56(37-63(91)112)79(129)100-52(27-28-61(89)110)76(126)99-51(20-13-15-31-87)75(125)101-53(34-46-17-10-9-11-18-46)77(127)98-50(19-12-14-30-86)73(123)95-42-69(120)121/h9-11,17-18,22-25,43-45,49-60,70-71,109H,7-8,12-16,19-21,26-42,86-88H2,1-6H3,(H2,89,110)(H2,90,111)(H2,91,112)(H2,92,113)(H,93,124)(H,94,132)(H,95,123)(H,96,114)(H,97,115)(H,98,127)(H,99,126)(H,100,129)(H,101,125)(H,102,130)(H,103,128)(H,104,133)(H,105,134)(H,106,122)(H,107,131)(H,116,117)(H,118,119)(H,120,121)/t44-,45-,49-,50-,51-,52-,53-,54-,55-,56-,57-,58-,59-,60-,70-,71-/m0/s1. The SMILES string of the molecule is CC[C@H](C)[C@H](NC(=O)[C@H](CC(N)=O)NC(=O)CNC(=O)[C@H](CC(=O)O)NC(=O)CNC(=O)[C@@H]1CCCN1C(=O)[C@H](CC(C)C)NC(=O)[C@@H](NC(=O)[C@@H](N)CCC(=O)O)[C@@H](C)CC)C(=O)N[C@@H](CC(N)=O)C(=O)N[C@@H](Cc1ccc(O)cc1)C(=O)N[C@@H](CC(N)=O)C(=O)N[C@@H](CCC(N)=O)C(=O)N[C@@H](CCCCN)C(=O)N[C@@H](Cc1ccccc1)C(=O)N[C@@H](CCCCN)C(=O)NCC(=O)O. The summed E-state index contributed by atoms with van der Waals surface area (Å²) in [4.78, 5) is 311. The Kier molecular flexibility index (Phi) is 50.7. The second-order valence-corrected chi connectivity index (χ2v) is 33.1. The van der Waals surface area contributed by atoms with Crippen molar-refractivity contribution in [3.05, 3.63) is 65.7 Å². The maximum absolute atomic E-state index is 14.8. The number of phenolic OH excluding ortho intramolecular Hbond substituents is 1. The van der Waals surface area contributed by atoms with E-state index in [0.717, 1.165) is 0 Å². The third kappa shape index (κ3) is 43.0. The Morgan fingerprint density at radius 1 is 0.385 bits per heavy atom. The van der Waals surface area contributed by atoms with Gasteiger partial charge >= 0.3 is 17.9 Å². The first-order chi connectivity index (χ1) is 63.6. The first-order valence-electron chi connectivity index (χ1n) is 44.1. The number of nitrogens with two attached hydrogens (primary N) is 7. The van der Waals surface area contributed by atoms with Gasteiger partial charge in [0.25, 0.3) is 0 Å². The molecule has 0 spiro atoms. The van der Waals surface area contributed by atoms with Crippen LogP contribution in [0.2, 0.25) is 0 Å². The molecule has 3 rings (SSSR count). The van der Waals surface area contributed by atoms with Crippen LogP contribution in [0.25, 0.3) is 0 Å². The highest BCUT2D eigenvalue weighted by atomic mass is 16.4. The lowest BCUT2D eigenvalue weighted by atomic mass is 9.96. The van der Waals surface area contributed by atoms with Gasteiger partial charge in [0.2, 0.25) is 118 Å². The number of carboxylic acids is 3. The van der Waals surface area contributed by atoms with Gasteiger partial charge in [-0.15, -0.1) is 0 Å². The second kappa shape index (κ2) is 59.4. The summed E-state index contributed by atoms with van der Waals surface area (Å²) >= 11 is 0. The first kappa shape index (κ1) is 115. The molecule has 0 aromatic heterocycles. The average Bonchev–Trinajstić information content (AvgIpc) is 1.68. The molecular weight excluding hydrogens is 1780 g/mol. The van der Waals surface area contributed by atoms with Gasteiger partial charge in [-0.1, -0.05) is 96.8 Å². The highest BCUT2D eigenvalue weighted by molar-refractivity contribution is 6.03. The quantitative estimate of drug-likeness (QED) is 0.0274. The second-order valence-electron chi connectivity index (χ2n) is 33.1. The van der Waals surface area contributed by atoms with Crippen LogP contribution in [0.15, 0.2) is 54.6 Å². The fourth-order valence-electron chi connectivity index (χ4n) is 13.9. The number of aromatic hydroxyl groups is 1. The van der Waals surface area contributed by atoms with E-state index >= 15 is 0 Å². The van der Waals surface area contributed by atoms with Crippen molar-refractivity contribution in [2.24, 2.45) is 57.9 Å². The van der Waals surface area contributed by atoms with Crippen molar-refractivity contribution in [1.82, 2.24) is 84.7 Å². The first-order valence-corrected chi connectivity index (χ1v) is 44.1. The molecule has 0 bridgehead atoms. The summed E-state index contributed by atoms with van der Waals surface area (Å²) in [5.41, 5.74) is 40.2. The predicted octanol–water partition coefficient (Wildman–Crippen LogP) is -8.63. The molecule has 2 aromatic carbocycles. The third-order valence-electron chi connectivity index (χ3n) is 21.6. The molecule has 2 aromatic rings. The van der Waals surface area contributed by atoms with Crippen molar-refractivity contribution in [3.63, 3.8) is 0 Å². The molecule has 33 N–H and O–H groups in total. The highest BCUT2D eigenvalue weighted by Gasteiger charge is 2.43. The number of hydrogen-bond donors (Lipinski definition) is 26. The van der Waals surface area contributed by atoms with Gasteiger partial charge in [-0.05, 0) is 125 Å². The van der Waals surface area contributed by atoms with Gasteiger partial charge in [-0.2, -0.15) is 0 Å². The van der Waals surface area contributed by atoms with E-state index in [-0.39, 0.29) is 101 Å². The smallest absolute Gasteiger partial charge is 0.322 e. The van der Waals surface area contributed by atoms with Crippen LogP contribution in [0.4, 0.5) is 0 Å². The summed E-state index contributed by atoms with van der Waals surface area (Å²) in [5, 5.41) is 73.7. The van der Waals surface area contributed by atoms with Crippen LogP contribution < -0.4 is 120 Å². The van der Waals surface area contributed by atoms with Gasteiger partial charge in [-0.3, -0.25) is 110 Å². The van der Waals surface area contributed by atoms with Gasteiger partial charge in [-0.25, -0.2) is 0 Å². The minimum Gasteiger partial charge on any atom is -0.508 e. The summed E-state index contributed by atoms with van der Waals surface area (Å²) < 4.78 is 0. The Labute approximate surface area is 777 Å². The number of amides is 20. The number of unbranched alkanes of at least 4 members (excludes halogenated alkanes) is 2. The molecule has 50 nitrogen and oxygen atoms in total. The zero-order valence-corrected chi connectivity index (χ0v) is 76.3. The molecule has 50 heteroatoms. The molecule has 0 saturated carbocycles. The van der Waals surface area contributed by atoms with Crippen molar-refractivity contribution < 1.29 is 131 Å². The number of rotatable bonds is 64. The molecule has 1 aliphatic heterocycles. The van der Waals surface area contributed by atoms with E-state index in [1.807, 2.05) is 0 Å². The predicted molar refractivity (Wildman–Crippen MR) is 478 cm³/mol. The van der Waals surface area contributed by atoms with Gasteiger partial charge in [0, 0.05) is 32.2 Å². The number of primary amides is 4. The molecule has 748 valence electrons. The number of nitrogens with zero attached hydrogens (tertiary/aromatic N) is 1. The zero-order chi connectivity index (χ0) is 101. The lowest BCUT2D eigenvalue weighted by Crippen LogP contribution is -2.62. The largest absolute Gasteiger partial charge is 0.508 e. The van der Waals surface area contributed by atoms with Crippen LogP contribution in [0.3, 0.4) is 0 Å². The van der Waals surface area contributed by atoms with Crippen LogP contribution in [0, 0.1) is 17.8 Å². The zero-order valence-electron chi connectivity index (χ0n) is 76.3. The summed E-state index contributed by atoms with van der Waals surface area (Å²) in [6, 6.07) is -9.88. The number of benzene rings is 2. The van der Waals surface area contributed by atoms with E-state index in [2.05, 4.69) is 79.8 Å². The molecule has 0 unspecified atom stereocenters. The van der Waals surface area contributed by atoms with E-state index in [4.69, 9.17) is 45.2 Å². The monoisotopic (exact) mass is 1910 g/mol. The highest BCUT2D eigenvalue weighted by Crippen LogP contribution is 2.23. The van der Waals surface area contributed by atoms with Gasteiger partial charge < -0.3 is 145 Å². The van der Waals surface area contributed by atoms with Crippen LogP contribution in [0.1, 0.15) is 175 Å². The number of hydrogen-bond acceptors (Lipinski definition) is 27. The molecule has 0 aliphatic carbocycles. The van der Waals surface area contributed by atoms with E-state index < -0.39 is 303 Å². The van der Waals surface area contributed by atoms with Crippen LogP contribution in [-0.2, 0) is 123 Å². The van der Waals surface area contributed by atoms with Crippen LogP contribution in [0.5, 0.6) is 5.75 Å². The fraction of sp³-hybridized carbons (Fsp3) is 0.588. The molecule has 16 atom stereocenters. The van der Waals surface area contributed by atoms with Crippen molar-refractivity contribution in [2.45, 2.75) is 261 Å². The molecule has 1 fully saturated rings. The number of carbonyl (C=O) groups is 23. The number of carbonyl (C=O) groups excluding carboxylic acids is 20. The maximum atomic E-state index is 14.8. The van der Waals surface area contributed by atoms with Gasteiger partial charge in [0.1, 0.15) is 90.8 Å². The topological polar surface area (TPSA) is 839 Å². The molecule has 1 aliphatic rings. The van der Waals surface area contributed by atoms with Crippen molar-refractivity contribution in [1.29, 1.82) is 0 Å². The fourth-order valence-corrected chi connectivity index (χ4v) is 13.9. The minimum absolute atomic E-state index is 0.00273. The van der Waals surface area contributed by atoms with Crippen molar-refractivity contribution >= 4 is 136 Å². The Hall–Kier alpha value is -14.1. The normalized spacial score (nSPS) is 15.5. The Morgan fingerprint density at radius 3 is 1.21 bits per heavy atom. The van der Waals surface area contributed by atoms with E-state index in [1.54, 1.807) is 65.0 Å².